The van der Waals surface area contributed by atoms with Gasteiger partial charge in [0.1, 0.15) is 30.2 Å². The minimum atomic E-state index is -1.31. The maximum Gasteiger partial charge on any atom is 0.326 e. The topological polar surface area (TPSA) is 158 Å². The van der Waals surface area contributed by atoms with Crippen LogP contribution in [-0.2, 0) is 40.4 Å². The SMILES string of the molecule is N#Cc1ccc(-c2ccc(C[C@H](NC(=O)C3Cc4cc5c(cc4CN3C(=O)c3cccc4ccccc34)O[C@@H](c3ccc(OCc4ccc(Cl)c(Cl)c4)cc3)C(=O)N5)C(=O)O)cc2)cc1. The van der Waals surface area contributed by atoms with Gasteiger partial charge in [0.25, 0.3) is 11.8 Å². The van der Waals surface area contributed by atoms with Gasteiger partial charge in [-0.1, -0.05) is 114 Å². The number of nitrogens with one attached hydrogen (secondary N) is 2. The summed E-state index contributed by atoms with van der Waals surface area (Å²) in [5, 5.41) is 27.7. The van der Waals surface area contributed by atoms with Crippen LogP contribution in [0.15, 0.2) is 146 Å². The molecule has 3 amide bonds. The predicted molar refractivity (Wildman–Crippen MR) is 247 cm³/mol. The Bertz CT molecular complexity index is 3040. The molecule has 0 radical (unpaired) electrons. The molecule has 1 unspecified atom stereocenters. The van der Waals surface area contributed by atoms with Crippen LogP contribution >= 0.6 is 23.2 Å². The van der Waals surface area contributed by atoms with Crippen molar-refractivity contribution in [1.29, 1.82) is 5.26 Å². The normalized spacial score (nSPS) is 15.6. The van der Waals surface area contributed by atoms with Crippen LogP contribution in [-0.4, -0.2) is 45.8 Å². The number of carbonyl (C=O) groups is 4. The Morgan fingerprint density at radius 3 is 2.26 bits per heavy atom. The number of rotatable bonds is 11. The van der Waals surface area contributed by atoms with Crippen LogP contribution in [0.2, 0.25) is 10.0 Å². The largest absolute Gasteiger partial charge is 0.489 e. The van der Waals surface area contributed by atoms with Gasteiger partial charge in [0.15, 0.2) is 0 Å². The van der Waals surface area contributed by atoms with Crippen molar-refractivity contribution in [2.45, 2.75) is 44.2 Å². The minimum Gasteiger partial charge on any atom is -0.489 e. The zero-order valence-electron chi connectivity index (χ0n) is 34.5. The van der Waals surface area contributed by atoms with E-state index in [0.29, 0.717) is 66.0 Å². The Morgan fingerprint density at radius 1 is 0.831 bits per heavy atom. The fourth-order valence-corrected chi connectivity index (χ4v) is 8.55. The predicted octanol–water partition coefficient (Wildman–Crippen LogP) is 9.72. The summed E-state index contributed by atoms with van der Waals surface area (Å²) in [4.78, 5) is 56.8. The molecule has 2 aliphatic rings. The second-order valence-corrected chi connectivity index (χ2v) is 16.7. The van der Waals surface area contributed by atoms with E-state index in [1.807, 2.05) is 60.7 Å². The molecule has 9 rings (SSSR count). The lowest BCUT2D eigenvalue weighted by atomic mass is 9.90. The Morgan fingerprint density at radius 2 is 1.54 bits per heavy atom. The second kappa shape index (κ2) is 18.2. The highest BCUT2D eigenvalue weighted by Crippen LogP contribution is 2.40. The van der Waals surface area contributed by atoms with E-state index in [1.54, 1.807) is 84.9 Å². The average molecular weight is 902 g/mol. The number of fused-ring (bicyclic) bond motifs is 3. The molecule has 0 saturated heterocycles. The van der Waals surface area contributed by atoms with Crippen molar-refractivity contribution in [3.05, 3.63) is 195 Å². The van der Waals surface area contributed by atoms with Crippen molar-refractivity contribution in [3.8, 4) is 28.7 Å². The molecule has 3 atom stereocenters. The van der Waals surface area contributed by atoms with Gasteiger partial charge >= 0.3 is 5.97 Å². The Labute approximate surface area is 383 Å². The number of carboxylic acids is 1. The molecule has 0 fully saturated rings. The summed E-state index contributed by atoms with van der Waals surface area (Å²) in [5.74, 6) is -1.69. The van der Waals surface area contributed by atoms with E-state index in [2.05, 4.69) is 16.7 Å². The minimum absolute atomic E-state index is 0.00411. The van der Waals surface area contributed by atoms with Crippen LogP contribution in [0.5, 0.6) is 11.5 Å². The summed E-state index contributed by atoms with van der Waals surface area (Å²) in [5.41, 5.74) is 6.64. The molecule has 0 aromatic heterocycles. The van der Waals surface area contributed by atoms with Gasteiger partial charge in [-0.05, 0) is 98.8 Å². The van der Waals surface area contributed by atoms with Crippen molar-refractivity contribution in [2.24, 2.45) is 0 Å². The lowest BCUT2D eigenvalue weighted by Crippen LogP contribution is -2.56. The smallest absolute Gasteiger partial charge is 0.326 e. The van der Waals surface area contributed by atoms with Crippen molar-refractivity contribution in [3.63, 3.8) is 0 Å². The maximum atomic E-state index is 14.7. The van der Waals surface area contributed by atoms with Crippen molar-refractivity contribution >= 4 is 63.4 Å². The number of benzene rings is 7. The monoisotopic (exact) mass is 900 g/mol. The molecule has 0 aliphatic carbocycles. The third-order valence-electron chi connectivity index (χ3n) is 11.7. The first-order valence-electron chi connectivity index (χ1n) is 20.7. The molecule has 322 valence electrons. The van der Waals surface area contributed by atoms with E-state index in [1.165, 1.54) is 4.90 Å². The van der Waals surface area contributed by atoms with Gasteiger partial charge in [0, 0.05) is 30.5 Å². The fourth-order valence-electron chi connectivity index (χ4n) is 8.23. The van der Waals surface area contributed by atoms with Gasteiger partial charge in [-0.15, -0.1) is 0 Å². The van der Waals surface area contributed by atoms with E-state index < -0.39 is 41.9 Å². The summed E-state index contributed by atoms with van der Waals surface area (Å²) >= 11 is 12.2. The van der Waals surface area contributed by atoms with Crippen LogP contribution in [0, 0.1) is 11.3 Å². The lowest BCUT2D eigenvalue weighted by Gasteiger charge is -2.38. The average Bonchev–Trinajstić information content (AvgIpc) is 3.33. The number of hydrogen-bond donors (Lipinski definition) is 3. The Balaban J connectivity index is 0.958. The van der Waals surface area contributed by atoms with Crippen LogP contribution in [0.25, 0.3) is 21.9 Å². The van der Waals surface area contributed by atoms with Gasteiger partial charge in [-0.25, -0.2) is 4.79 Å². The van der Waals surface area contributed by atoms with Crippen molar-refractivity contribution in [1.82, 2.24) is 10.2 Å². The van der Waals surface area contributed by atoms with E-state index in [4.69, 9.17) is 37.9 Å². The molecule has 7 aromatic carbocycles. The molecule has 2 aliphatic heterocycles. The number of nitrogens with zero attached hydrogens (tertiary/aromatic N) is 2. The number of ether oxygens (including phenoxy) is 2. The quantitative estimate of drug-likeness (QED) is 0.116. The number of carboxylic acid groups (broad SMARTS) is 1. The molecule has 0 saturated carbocycles. The summed E-state index contributed by atoms with van der Waals surface area (Å²) in [6.07, 6.45) is -0.957. The standard InChI is InChI=1S/C52H38Cl2N4O7/c53-42-21-12-32(22-43(42)54)29-64-39-19-17-36(18-20-39)48-50(60)56-44-24-37-25-46(58(28-38(37)26-47(44)65-48)51(61)41-7-3-5-35-4-1-2-6-40(35)41)49(59)57-45(52(62)63)23-30-8-13-33(14-9-30)34-15-10-31(27-55)11-16-34/h1-22,24,26,45-46,48H,23,25,28-29H2,(H,56,60)(H,57,59)(H,62,63)/t45-,46?,48-/m0/s1. The van der Waals surface area contributed by atoms with Crippen LogP contribution in [0.4, 0.5) is 5.69 Å². The van der Waals surface area contributed by atoms with Crippen molar-refractivity contribution < 1.29 is 33.8 Å². The number of halogens is 2. The highest BCUT2D eigenvalue weighted by atomic mass is 35.5. The molecule has 3 N–H and O–H groups in total. The van der Waals surface area contributed by atoms with E-state index in [-0.39, 0.29) is 26.0 Å². The third kappa shape index (κ3) is 9.09. The van der Waals surface area contributed by atoms with Crippen molar-refractivity contribution in [2.75, 3.05) is 5.32 Å². The second-order valence-electron chi connectivity index (χ2n) is 15.9. The number of hydrogen-bond acceptors (Lipinski definition) is 7. The number of anilines is 1. The highest BCUT2D eigenvalue weighted by molar-refractivity contribution is 6.42. The third-order valence-corrected chi connectivity index (χ3v) is 12.4. The van der Waals surface area contributed by atoms with Gasteiger partial charge in [-0.3, -0.25) is 14.4 Å². The first-order valence-corrected chi connectivity index (χ1v) is 21.5. The first kappa shape index (κ1) is 42.6. The summed E-state index contributed by atoms with van der Waals surface area (Å²) in [6, 6.07) is 42.9. The van der Waals surface area contributed by atoms with E-state index in [0.717, 1.165) is 22.1 Å². The first-order chi connectivity index (χ1) is 31.5. The Kier molecular flexibility index (Phi) is 12.0. The van der Waals surface area contributed by atoms with Gasteiger partial charge in [-0.2, -0.15) is 5.26 Å². The number of amides is 3. The van der Waals surface area contributed by atoms with Gasteiger partial charge < -0.3 is 30.1 Å². The van der Waals surface area contributed by atoms with E-state index >= 15 is 0 Å². The molecule has 2 heterocycles. The molecule has 7 aromatic rings. The molecule has 0 bridgehead atoms. The van der Waals surface area contributed by atoms with E-state index in [9.17, 15) is 24.3 Å². The lowest BCUT2D eigenvalue weighted by molar-refractivity contribution is -0.142. The molecule has 0 spiro atoms. The number of carbonyl (C=O) groups excluding carboxylic acids is 3. The molecule has 13 heteroatoms. The zero-order valence-corrected chi connectivity index (χ0v) is 36.0. The molecule has 11 nitrogen and oxygen atoms in total. The number of aliphatic carboxylic acids is 1. The van der Waals surface area contributed by atoms with Gasteiger partial charge in [0.2, 0.25) is 12.0 Å². The van der Waals surface area contributed by atoms with Crippen LogP contribution in [0.3, 0.4) is 0 Å². The Hall–Kier alpha value is -7.65. The molecular formula is C52H38Cl2N4O7. The van der Waals surface area contributed by atoms with Gasteiger partial charge in [0.05, 0.1) is 27.4 Å². The summed E-state index contributed by atoms with van der Waals surface area (Å²) in [7, 11) is 0. The highest BCUT2D eigenvalue weighted by Gasteiger charge is 2.39. The van der Waals surface area contributed by atoms with Crippen LogP contribution in [0.1, 0.15) is 49.8 Å². The van der Waals surface area contributed by atoms with Crippen LogP contribution < -0.4 is 20.1 Å². The zero-order chi connectivity index (χ0) is 45.2. The summed E-state index contributed by atoms with van der Waals surface area (Å²) < 4.78 is 12.3. The fraction of sp³-hybridized carbons (Fsp3) is 0.135. The summed E-state index contributed by atoms with van der Waals surface area (Å²) in [6.45, 7) is 0.263. The molecular weight excluding hydrogens is 863 g/mol. The molecule has 65 heavy (non-hydrogen) atoms. The number of nitriles is 1. The maximum absolute atomic E-state index is 14.7.